The van der Waals surface area contributed by atoms with Crippen LogP contribution in [0.25, 0.3) is 0 Å². The zero-order valence-corrected chi connectivity index (χ0v) is 11.8. The molecule has 116 valence electrons. The van der Waals surface area contributed by atoms with Gasteiger partial charge in [-0.25, -0.2) is 0 Å². The first-order valence-electron chi connectivity index (χ1n) is 6.26. The van der Waals surface area contributed by atoms with Crippen molar-refractivity contribution in [3.63, 3.8) is 0 Å². The smallest absolute Gasteiger partial charge is 0.342 e. The Bertz CT molecular complexity index is 731. The van der Waals surface area contributed by atoms with Gasteiger partial charge in [0.1, 0.15) is 0 Å². The Morgan fingerprint density at radius 2 is 2.05 bits per heavy atom. The minimum Gasteiger partial charge on any atom is -0.342 e. The van der Waals surface area contributed by atoms with Crippen molar-refractivity contribution in [1.82, 2.24) is 10.2 Å². The fraction of sp³-hybridized carbons (Fsp3) is 0.333. The molecule has 0 fully saturated rings. The highest BCUT2D eigenvalue weighted by Crippen LogP contribution is 2.36. The maximum Gasteiger partial charge on any atom is 0.445 e. The molecule has 6 nitrogen and oxygen atoms in total. The van der Waals surface area contributed by atoms with Gasteiger partial charge in [0.2, 0.25) is 10.1 Å². The van der Waals surface area contributed by atoms with Crippen molar-refractivity contribution < 1.29 is 18.1 Å². The second-order valence-corrected chi connectivity index (χ2v) is 5.73. The number of hydrogen-bond donors (Lipinski definition) is 0. The molecule has 0 saturated carbocycles. The highest BCUT2D eigenvalue weighted by Gasteiger charge is 2.36. The van der Waals surface area contributed by atoms with Crippen LogP contribution in [-0.2, 0) is 19.1 Å². The highest BCUT2D eigenvalue weighted by molar-refractivity contribution is 7.15. The van der Waals surface area contributed by atoms with Gasteiger partial charge in [-0.2, -0.15) is 13.2 Å². The molecule has 10 heteroatoms. The van der Waals surface area contributed by atoms with Crippen LogP contribution in [0.3, 0.4) is 0 Å². The van der Waals surface area contributed by atoms with Crippen LogP contribution in [0.2, 0.25) is 0 Å². The van der Waals surface area contributed by atoms with E-state index in [9.17, 15) is 23.3 Å². The van der Waals surface area contributed by atoms with Crippen LogP contribution < -0.4 is 4.90 Å². The molecule has 3 rings (SSSR count). The SMILES string of the molecule is O=[N+]([O-])c1ccc2c(c1)CN(c1nnc(C(F)(F)F)s1)CC2. The quantitative estimate of drug-likeness (QED) is 0.625. The Morgan fingerprint density at radius 1 is 1.27 bits per heavy atom. The molecule has 1 aliphatic rings. The number of non-ortho nitro benzene ring substituents is 1. The number of alkyl halides is 3. The van der Waals surface area contributed by atoms with Gasteiger partial charge in [0, 0.05) is 25.2 Å². The topological polar surface area (TPSA) is 72.2 Å². The van der Waals surface area contributed by atoms with E-state index < -0.39 is 16.1 Å². The Balaban J connectivity index is 1.86. The van der Waals surface area contributed by atoms with Crippen molar-refractivity contribution in [1.29, 1.82) is 0 Å². The van der Waals surface area contributed by atoms with E-state index in [0.717, 1.165) is 11.1 Å². The molecule has 0 saturated heterocycles. The zero-order valence-electron chi connectivity index (χ0n) is 11.0. The average molecular weight is 330 g/mol. The zero-order chi connectivity index (χ0) is 15.9. The minimum atomic E-state index is -4.51. The number of halogens is 3. The molecule has 0 aliphatic carbocycles. The highest BCUT2D eigenvalue weighted by atomic mass is 32.1. The van der Waals surface area contributed by atoms with Gasteiger partial charge in [-0.1, -0.05) is 17.4 Å². The number of anilines is 1. The van der Waals surface area contributed by atoms with Crippen LogP contribution in [0.4, 0.5) is 24.0 Å². The summed E-state index contributed by atoms with van der Waals surface area (Å²) >= 11 is 0.476. The molecule has 0 radical (unpaired) electrons. The summed E-state index contributed by atoms with van der Waals surface area (Å²) in [7, 11) is 0. The predicted octanol–water partition coefficient (Wildman–Crippen LogP) is 3.03. The molecule has 0 amide bonds. The first-order chi connectivity index (χ1) is 10.3. The molecule has 22 heavy (non-hydrogen) atoms. The average Bonchev–Trinajstić information content (AvgIpc) is 2.96. The predicted molar refractivity (Wildman–Crippen MR) is 72.8 cm³/mol. The number of aromatic nitrogens is 2. The third-order valence-electron chi connectivity index (χ3n) is 3.34. The first-order valence-corrected chi connectivity index (χ1v) is 7.08. The number of nitro groups is 1. The third kappa shape index (κ3) is 2.73. The number of hydrogen-bond acceptors (Lipinski definition) is 6. The third-order valence-corrected chi connectivity index (χ3v) is 4.37. The maximum atomic E-state index is 12.6. The molecule has 0 unspecified atom stereocenters. The lowest BCUT2D eigenvalue weighted by Crippen LogP contribution is -2.30. The summed E-state index contributed by atoms with van der Waals surface area (Å²) < 4.78 is 37.7. The van der Waals surface area contributed by atoms with Crippen molar-refractivity contribution in [2.75, 3.05) is 11.4 Å². The normalized spacial score (nSPS) is 14.8. The van der Waals surface area contributed by atoms with Gasteiger partial charge in [0.05, 0.1) is 4.92 Å². The lowest BCUT2D eigenvalue weighted by molar-refractivity contribution is -0.384. The van der Waals surface area contributed by atoms with Gasteiger partial charge < -0.3 is 4.90 Å². The number of nitrogens with zero attached hydrogens (tertiary/aromatic N) is 4. The van der Waals surface area contributed by atoms with E-state index in [1.807, 2.05) is 0 Å². The molecular formula is C12H9F3N4O2S. The van der Waals surface area contributed by atoms with Gasteiger partial charge in [0.15, 0.2) is 0 Å². The van der Waals surface area contributed by atoms with Gasteiger partial charge in [0.25, 0.3) is 5.69 Å². The summed E-state index contributed by atoms with van der Waals surface area (Å²) in [5.41, 5.74) is 1.65. The Labute approximate surface area is 126 Å². The second kappa shape index (κ2) is 5.20. The van der Waals surface area contributed by atoms with Crippen molar-refractivity contribution in [3.05, 3.63) is 44.4 Å². The lowest BCUT2D eigenvalue weighted by Gasteiger charge is -2.27. The summed E-state index contributed by atoms with van der Waals surface area (Å²) in [6.07, 6.45) is -3.92. The first kappa shape index (κ1) is 14.7. The van der Waals surface area contributed by atoms with Crippen LogP contribution in [-0.4, -0.2) is 21.7 Å². The molecular weight excluding hydrogens is 321 g/mol. The number of benzene rings is 1. The molecule has 0 bridgehead atoms. The Morgan fingerprint density at radius 3 is 2.68 bits per heavy atom. The van der Waals surface area contributed by atoms with E-state index in [0.29, 0.717) is 24.3 Å². The summed E-state index contributed by atoms with van der Waals surface area (Å²) in [4.78, 5) is 12.0. The standard InChI is InChI=1S/C12H9F3N4O2S/c13-12(14,15)10-16-17-11(22-10)18-4-3-7-1-2-9(19(20)21)5-8(7)6-18/h1-2,5H,3-4,6H2. The molecule has 1 aliphatic heterocycles. The molecule has 0 atom stereocenters. The van der Waals surface area contributed by atoms with Gasteiger partial charge >= 0.3 is 6.18 Å². The van der Waals surface area contributed by atoms with Gasteiger partial charge in [-0.15, -0.1) is 10.2 Å². The van der Waals surface area contributed by atoms with Crippen LogP contribution in [0.15, 0.2) is 18.2 Å². The maximum absolute atomic E-state index is 12.6. The summed E-state index contributed by atoms with van der Waals surface area (Å²) in [5, 5.41) is 16.7. The van der Waals surface area contributed by atoms with Gasteiger partial charge in [-0.05, 0) is 17.5 Å². The van der Waals surface area contributed by atoms with Crippen LogP contribution in [0.5, 0.6) is 0 Å². The van der Waals surface area contributed by atoms with Crippen LogP contribution in [0, 0.1) is 10.1 Å². The molecule has 0 N–H and O–H groups in total. The Hall–Kier alpha value is -2.23. The van der Waals surface area contributed by atoms with E-state index in [4.69, 9.17) is 0 Å². The van der Waals surface area contributed by atoms with E-state index >= 15 is 0 Å². The fourth-order valence-electron chi connectivity index (χ4n) is 2.28. The van der Waals surface area contributed by atoms with Crippen LogP contribution in [0.1, 0.15) is 16.1 Å². The van der Waals surface area contributed by atoms with E-state index in [-0.39, 0.29) is 17.4 Å². The Kier molecular flexibility index (Phi) is 3.47. The lowest BCUT2D eigenvalue weighted by atomic mass is 9.99. The second-order valence-electron chi connectivity index (χ2n) is 4.77. The van der Waals surface area contributed by atoms with Crippen molar-refractivity contribution >= 4 is 22.2 Å². The molecule has 1 aromatic heterocycles. The van der Waals surface area contributed by atoms with Gasteiger partial charge in [-0.3, -0.25) is 10.1 Å². The van der Waals surface area contributed by atoms with E-state index in [1.165, 1.54) is 12.1 Å². The van der Waals surface area contributed by atoms with Crippen molar-refractivity contribution in [2.45, 2.75) is 19.1 Å². The molecule has 0 spiro atoms. The molecule has 2 aromatic rings. The monoisotopic (exact) mass is 330 g/mol. The van der Waals surface area contributed by atoms with Crippen molar-refractivity contribution in [3.8, 4) is 0 Å². The van der Waals surface area contributed by atoms with Crippen molar-refractivity contribution in [2.24, 2.45) is 0 Å². The molecule has 2 heterocycles. The van der Waals surface area contributed by atoms with E-state index in [2.05, 4.69) is 10.2 Å². The summed E-state index contributed by atoms with van der Waals surface area (Å²) in [5.74, 6) is 0. The largest absolute Gasteiger partial charge is 0.445 e. The number of fused-ring (bicyclic) bond motifs is 1. The summed E-state index contributed by atoms with van der Waals surface area (Å²) in [6, 6.07) is 4.57. The van der Waals surface area contributed by atoms with Crippen LogP contribution >= 0.6 is 11.3 Å². The number of nitro benzene ring substituents is 1. The molecule has 1 aromatic carbocycles. The summed E-state index contributed by atoms with van der Waals surface area (Å²) in [6.45, 7) is 0.779. The fourth-order valence-corrected chi connectivity index (χ4v) is 3.02. The minimum absolute atomic E-state index is 0.0335. The van der Waals surface area contributed by atoms with E-state index in [1.54, 1.807) is 11.0 Å². The number of rotatable bonds is 2.